The molecule has 4 rings (SSSR count). The minimum atomic E-state index is -3.67. The van der Waals surface area contributed by atoms with Gasteiger partial charge in [0.05, 0.1) is 17.2 Å². The standard InChI is InChI=1S/C24H23N3O4S2/c1-2-31-20-8-5-7-18(16-20)23(28)26-24(32)25-19-10-12-21(13-11-19)33(29,30)27-15-14-17-6-3-4-9-22(17)27/h3-13,16H,2,14-15H2,1H3,(H2,25,26,28,32). The number of nitrogens with one attached hydrogen (secondary N) is 2. The largest absolute Gasteiger partial charge is 0.494 e. The summed E-state index contributed by atoms with van der Waals surface area (Å²) in [7, 11) is -3.67. The van der Waals surface area contributed by atoms with E-state index in [1.165, 1.54) is 16.4 Å². The Morgan fingerprint density at radius 1 is 1.06 bits per heavy atom. The minimum absolute atomic E-state index is 0.103. The molecule has 7 nitrogen and oxygen atoms in total. The number of hydrogen-bond donors (Lipinski definition) is 2. The van der Waals surface area contributed by atoms with Gasteiger partial charge in [-0.3, -0.25) is 14.4 Å². The van der Waals surface area contributed by atoms with Crippen molar-refractivity contribution >= 4 is 44.6 Å². The molecule has 0 spiro atoms. The highest BCUT2D eigenvalue weighted by Gasteiger charge is 2.30. The van der Waals surface area contributed by atoms with E-state index in [0.29, 0.717) is 36.6 Å². The van der Waals surface area contributed by atoms with Crippen LogP contribution in [-0.2, 0) is 16.4 Å². The molecule has 0 bridgehead atoms. The third-order valence-corrected chi connectivity index (χ3v) is 7.21. The van der Waals surface area contributed by atoms with Crippen LogP contribution in [0, 0.1) is 0 Å². The Hall–Kier alpha value is -3.43. The first-order valence-corrected chi connectivity index (χ1v) is 12.3. The normalized spacial score (nSPS) is 12.7. The lowest BCUT2D eigenvalue weighted by molar-refractivity contribution is 0.0977. The summed E-state index contributed by atoms with van der Waals surface area (Å²) in [4.78, 5) is 12.6. The van der Waals surface area contributed by atoms with E-state index in [2.05, 4.69) is 10.6 Å². The van der Waals surface area contributed by atoms with Gasteiger partial charge >= 0.3 is 0 Å². The maximum absolute atomic E-state index is 13.1. The van der Waals surface area contributed by atoms with Gasteiger partial charge in [-0.25, -0.2) is 8.42 Å². The number of carbonyl (C=O) groups is 1. The second kappa shape index (κ2) is 9.60. The van der Waals surface area contributed by atoms with Crippen LogP contribution in [0.4, 0.5) is 11.4 Å². The number of sulfonamides is 1. The number of rotatable bonds is 6. The van der Waals surface area contributed by atoms with Gasteiger partial charge in [0, 0.05) is 17.8 Å². The number of carbonyl (C=O) groups excluding carboxylic acids is 1. The summed E-state index contributed by atoms with van der Waals surface area (Å²) in [6.07, 6.45) is 0.691. The lowest BCUT2D eigenvalue weighted by Gasteiger charge is -2.19. The van der Waals surface area contributed by atoms with Crippen LogP contribution in [-0.4, -0.2) is 32.6 Å². The second-order valence-corrected chi connectivity index (χ2v) is 9.62. The molecule has 9 heteroatoms. The van der Waals surface area contributed by atoms with Crippen molar-refractivity contribution in [3.05, 3.63) is 83.9 Å². The average molecular weight is 482 g/mol. The Kier molecular flexibility index (Phi) is 6.62. The Balaban J connectivity index is 1.41. The van der Waals surface area contributed by atoms with Gasteiger partial charge in [0.1, 0.15) is 5.75 Å². The number of thiocarbonyl (C=S) groups is 1. The number of nitrogens with zero attached hydrogens (tertiary/aromatic N) is 1. The van der Waals surface area contributed by atoms with Gasteiger partial charge in [0.15, 0.2) is 5.11 Å². The SMILES string of the molecule is CCOc1cccc(C(=O)NC(=S)Nc2ccc(S(=O)(=O)N3CCc4ccccc43)cc2)c1. The zero-order chi connectivity index (χ0) is 23.4. The molecular formula is C24H23N3O4S2. The highest BCUT2D eigenvalue weighted by atomic mass is 32.2. The summed E-state index contributed by atoms with van der Waals surface area (Å²) >= 11 is 5.23. The fourth-order valence-electron chi connectivity index (χ4n) is 3.63. The van der Waals surface area contributed by atoms with Crippen molar-refractivity contribution in [3.8, 4) is 5.75 Å². The molecule has 0 saturated carbocycles. The first kappa shape index (κ1) is 22.8. The molecule has 170 valence electrons. The molecule has 0 aromatic heterocycles. The van der Waals surface area contributed by atoms with Gasteiger partial charge in [-0.05, 0) is 79.7 Å². The summed E-state index contributed by atoms with van der Waals surface area (Å²) in [6.45, 7) is 2.79. The molecule has 2 N–H and O–H groups in total. The van der Waals surface area contributed by atoms with Gasteiger partial charge in [-0.15, -0.1) is 0 Å². The number of para-hydroxylation sites is 1. The van der Waals surface area contributed by atoms with Crippen molar-refractivity contribution in [3.63, 3.8) is 0 Å². The summed E-state index contributed by atoms with van der Waals surface area (Å²) in [5.41, 5.74) is 2.71. The van der Waals surface area contributed by atoms with Gasteiger partial charge < -0.3 is 10.1 Å². The molecule has 3 aromatic carbocycles. The Bertz CT molecular complexity index is 1290. The van der Waals surface area contributed by atoms with Crippen molar-refractivity contribution in [1.29, 1.82) is 0 Å². The number of fused-ring (bicyclic) bond motifs is 1. The van der Waals surface area contributed by atoms with E-state index in [9.17, 15) is 13.2 Å². The van der Waals surface area contributed by atoms with Crippen LogP contribution in [0.15, 0.2) is 77.7 Å². The summed E-state index contributed by atoms with van der Waals surface area (Å²) in [5, 5.41) is 5.62. The van der Waals surface area contributed by atoms with E-state index < -0.39 is 10.0 Å². The first-order chi connectivity index (χ1) is 15.9. The Morgan fingerprint density at radius 2 is 1.82 bits per heavy atom. The Morgan fingerprint density at radius 3 is 2.58 bits per heavy atom. The second-order valence-electron chi connectivity index (χ2n) is 7.35. The van der Waals surface area contributed by atoms with Crippen molar-refractivity contribution in [1.82, 2.24) is 5.32 Å². The van der Waals surface area contributed by atoms with Crippen LogP contribution in [0.2, 0.25) is 0 Å². The van der Waals surface area contributed by atoms with Crippen LogP contribution in [0.25, 0.3) is 0 Å². The van der Waals surface area contributed by atoms with E-state index >= 15 is 0 Å². The smallest absolute Gasteiger partial charge is 0.264 e. The average Bonchev–Trinajstić information content (AvgIpc) is 3.25. The van der Waals surface area contributed by atoms with Crippen molar-refractivity contribution in [2.45, 2.75) is 18.2 Å². The summed E-state index contributed by atoms with van der Waals surface area (Å²) in [6, 6.07) is 20.6. The highest BCUT2D eigenvalue weighted by molar-refractivity contribution is 7.92. The lowest BCUT2D eigenvalue weighted by Crippen LogP contribution is -2.34. The number of amides is 1. The molecule has 1 aliphatic heterocycles. The number of hydrogen-bond acceptors (Lipinski definition) is 5. The summed E-state index contributed by atoms with van der Waals surface area (Å²) < 4.78 is 33.1. The first-order valence-electron chi connectivity index (χ1n) is 10.4. The molecule has 0 atom stereocenters. The monoisotopic (exact) mass is 481 g/mol. The molecule has 33 heavy (non-hydrogen) atoms. The third-order valence-electron chi connectivity index (χ3n) is 5.18. The molecule has 1 heterocycles. The highest BCUT2D eigenvalue weighted by Crippen LogP contribution is 2.32. The van der Waals surface area contributed by atoms with Crippen LogP contribution in [0.5, 0.6) is 5.75 Å². The van der Waals surface area contributed by atoms with E-state index in [0.717, 1.165) is 11.3 Å². The van der Waals surface area contributed by atoms with Crippen LogP contribution < -0.4 is 19.7 Å². The molecule has 0 radical (unpaired) electrons. The van der Waals surface area contributed by atoms with Crippen LogP contribution in [0.1, 0.15) is 22.8 Å². The van der Waals surface area contributed by atoms with Crippen molar-refractivity contribution in [2.75, 3.05) is 22.8 Å². The quantitative estimate of drug-likeness (QED) is 0.518. The van der Waals surface area contributed by atoms with Crippen molar-refractivity contribution in [2.24, 2.45) is 0 Å². The topological polar surface area (TPSA) is 87.7 Å². The van der Waals surface area contributed by atoms with Gasteiger partial charge in [-0.1, -0.05) is 24.3 Å². The molecule has 0 aliphatic carbocycles. The number of ether oxygens (including phenoxy) is 1. The predicted molar refractivity (Wildman–Crippen MR) is 132 cm³/mol. The van der Waals surface area contributed by atoms with E-state index in [1.807, 2.05) is 31.2 Å². The molecular weight excluding hydrogens is 458 g/mol. The maximum Gasteiger partial charge on any atom is 0.264 e. The molecule has 1 aliphatic rings. The molecule has 0 saturated heterocycles. The van der Waals surface area contributed by atoms with Crippen molar-refractivity contribution < 1.29 is 17.9 Å². The third kappa shape index (κ3) is 4.99. The zero-order valence-corrected chi connectivity index (χ0v) is 19.6. The van der Waals surface area contributed by atoms with E-state index in [-0.39, 0.29) is 15.9 Å². The molecule has 0 fully saturated rings. The van der Waals surface area contributed by atoms with Crippen LogP contribution >= 0.6 is 12.2 Å². The maximum atomic E-state index is 13.1. The molecule has 1 amide bonds. The molecule has 3 aromatic rings. The number of anilines is 2. The fraction of sp³-hybridized carbons (Fsp3) is 0.167. The van der Waals surface area contributed by atoms with Gasteiger partial charge in [-0.2, -0.15) is 0 Å². The minimum Gasteiger partial charge on any atom is -0.494 e. The van der Waals surface area contributed by atoms with Gasteiger partial charge in [0.2, 0.25) is 0 Å². The fourth-order valence-corrected chi connectivity index (χ4v) is 5.34. The Labute approximate surface area is 198 Å². The van der Waals surface area contributed by atoms with Crippen LogP contribution in [0.3, 0.4) is 0 Å². The lowest BCUT2D eigenvalue weighted by atomic mass is 10.2. The van der Waals surface area contributed by atoms with E-state index in [1.54, 1.807) is 36.4 Å². The number of benzene rings is 3. The van der Waals surface area contributed by atoms with E-state index in [4.69, 9.17) is 17.0 Å². The summed E-state index contributed by atoms with van der Waals surface area (Å²) in [5.74, 6) is 0.224. The molecule has 0 unspecified atom stereocenters. The zero-order valence-electron chi connectivity index (χ0n) is 17.9. The predicted octanol–water partition coefficient (Wildman–Crippen LogP) is 3.96. The van der Waals surface area contributed by atoms with Gasteiger partial charge in [0.25, 0.3) is 15.9 Å².